The number of hydrogen-bond donors (Lipinski definition) is 6. The Labute approximate surface area is 263 Å². The van der Waals surface area contributed by atoms with E-state index in [2.05, 4.69) is 31.9 Å². The monoisotopic (exact) mass is 616 g/mol. The zero-order chi connectivity index (χ0) is 32.1. The molecule has 0 unspecified atom stereocenters. The molecule has 0 aliphatic heterocycles. The number of amides is 6. The van der Waals surface area contributed by atoms with Gasteiger partial charge in [0.05, 0.1) is 0 Å². The molecular formula is C34H28N6O6. The quantitative estimate of drug-likeness (QED) is 0.103. The minimum Gasteiger partial charge on any atom is -0.410 e. The highest BCUT2D eigenvalue weighted by molar-refractivity contribution is 6.02. The molecule has 0 aliphatic rings. The van der Waals surface area contributed by atoms with Gasteiger partial charge < -0.3 is 30.7 Å². The predicted molar refractivity (Wildman–Crippen MR) is 177 cm³/mol. The van der Waals surface area contributed by atoms with Crippen molar-refractivity contribution in [1.29, 1.82) is 0 Å². The fourth-order valence-corrected chi connectivity index (χ4v) is 4.05. The first-order valence-corrected chi connectivity index (χ1v) is 13.9. The van der Waals surface area contributed by atoms with Crippen molar-refractivity contribution in [3.8, 4) is 11.5 Å². The van der Waals surface area contributed by atoms with Crippen LogP contribution in [0, 0.1) is 0 Å². The summed E-state index contributed by atoms with van der Waals surface area (Å²) in [6.45, 7) is 0. The van der Waals surface area contributed by atoms with E-state index in [1.807, 2.05) is 12.1 Å². The number of hydrogen-bond acceptors (Lipinski definition) is 6. The third-order valence-electron chi connectivity index (χ3n) is 6.04. The van der Waals surface area contributed by atoms with Crippen LogP contribution in [0.2, 0.25) is 0 Å². The lowest BCUT2D eigenvalue weighted by atomic mass is 10.2. The minimum absolute atomic E-state index is 0.401. The molecule has 0 radical (unpaired) electrons. The van der Waals surface area contributed by atoms with Gasteiger partial charge in [-0.1, -0.05) is 48.5 Å². The molecule has 0 fully saturated rings. The normalized spacial score (nSPS) is 10.1. The Bertz CT molecular complexity index is 1680. The molecule has 0 spiro atoms. The first-order chi connectivity index (χ1) is 22.4. The number of ether oxygens (including phenoxy) is 2. The summed E-state index contributed by atoms with van der Waals surface area (Å²) < 4.78 is 10.4. The van der Waals surface area contributed by atoms with Crippen LogP contribution in [0.3, 0.4) is 0 Å². The Hall–Kier alpha value is -6.82. The van der Waals surface area contributed by atoms with Gasteiger partial charge in [0.15, 0.2) is 0 Å². The average Bonchev–Trinajstić information content (AvgIpc) is 3.03. The molecule has 5 rings (SSSR count). The maximum absolute atomic E-state index is 12.6. The molecule has 0 aliphatic carbocycles. The van der Waals surface area contributed by atoms with E-state index in [4.69, 9.17) is 9.47 Å². The van der Waals surface area contributed by atoms with Gasteiger partial charge in [-0.15, -0.1) is 0 Å². The van der Waals surface area contributed by atoms with Crippen LogP contribution in [0.1, 0.15) is 0 Å². The molecule has 6 N–H and O–H groups in total. The highest BCUT2D eigenvalue weighted by atomic mass is 16.6. The number of urea groups is 2. The largest absolute Gasteiger partial charge is 0.417 e. The van der Waals surface area contributed by atoms with Crippen LogP contribution >= 0.6 is 0 Å². The number of benzene rings is 5. The number of nitrogens with one attached hydrogen (secondary N) is 6. The molecule has 46 heavy (non-hydrogen) atoms. The van der Waals surface area contributed by atoms with Crippen LogP contribution in [0.4, 0.5) is 53.3 Å². The third-order valence-corrected chi connectivity index (χ3v) is 6.04. The maximum atomic E-state index is 12.6. The fourth-order valence-electron chi connectivity index (χ4n) is 4.05. The smallest absolute Gasteiger partial charge is 0.410 e. The second kappa shape index (κ2) is 15.1. The maximum Gasteiger partial charge on any atom is 0.417 e. The van der Waals surface area contributed by atoms with Gasteiger partial charge in [0.25, 0.3) is 0 Å². The van der Waals surface area contributed by atoms with Gasteiger partial charge in [-0.25, -0.2) is 19.2 Å². The number of carbonyl (C=O) groups is 4. The fraction of sp³-hybridized carbons (Fsp3) is 0. The van der Waals surface area contributed by atoms with Crippen LogP contribution < -0.4 is 41.4 Å². The molecule has 0 saturated heterocycles. The van der Waals surface area contributed by atoms with Crippen molar-refractivity contribution in [2.75, 3.05) is 31.9 Å². The van der Waals surface area contributed by atoms with E-state index in [1.54, 1.807) is 121 Å². The molecule has 5 aromatic rings. The van der Waals surface area contributed by atoms with E-state index in [0.717, 1.165) is 0 Å². The van der Waals surface area contributed by atoms with E-state index in [-0.39, 0.29) is 0 Å². The van der Waals surface area contributed by atoms with E-state index >= 15 is 0 Å². The zero-order valence-corrected chi connectivity index (χ0v) is 24.2. The molecule has 5 aromatic carbocycles. The zero-order valence-electron chi connectivity index (χ0n) is 24.2. The molecule has 0 heterocycles. The van der Waals surface area contributed by atoms with E-state index in [1.165, 1.54) is 0 Å². The number of para-hydroxylation sites is 2. The highest BCUT2D eigenvalue weighted by Gasteiger charge is 2.10. The van der Waals surface area contributed by atoms with Gasteiger partial charge in [0, 0.05) is 34.1 Å². The molecule has 12 heteroatoms. The topological polar surface area (TPSA) is 159 Å². The Balaban J connectivity index is 1.07. The van der Waals surface area contributed by atoms with Crippen LogP contribution in [0.25, 0.3) is 0 Å². The van der Waals surface area contributed by atoms with E-state index in [0.29, 0.717) is 45.6 Å². The molecule has 12 nitrogen and oxygen atoms in total. The average molecular weight is 617 g/mol. The summed E-state index contributed by atoms with van der Waals surface area (Å²) in [5.74, 6) is 0.802. The summed E-state index contributed by atoms with van der Waals surface area (Å²) >= 11 is 0. The summed E-state index contributed by atoms with van der Waals surface area (Å²) in [5, 5.41) is 16.0. The summed E-state index contributed by atoms with van der Waals surface area (Å²) in [7, 11) is 0. The predicted octanol–water partition coefficient (Wildman–Crippen LogP) is 8.20. The Morgan fingerprint density at radius 3 is 1.04 bits per heavy atom. The highest BCUT2D eigenvalue weighted by Crippen LogP contribution is 2.20. The lowest BCUT2D eigenvalue weighted by Crippen LogP contribution is -2.21. The summed E-state index contributed by atoms with van der Waals surface area (Å²) in [6.07, 6.45) is -1.33. The number of anilines is 6. The first-order valence-electron chi connectivity index (χ1n) is 13.9. The molecular weight excluding hydrogens is 588 g/mol. The van der Waals surface area contributed by atoms with Crippen LogP contribution in [-0.4, -0.2) is 24.2 Å². The van der Waals surface area contributed by atoms with Gasteiger partial charge in [-0.3, -0.25) is 10.6 Å². The van der Waals surface area contributed by atoms with Crippen LogP contribution in [-0.2, 0) is 0 Å². The SMILES string of the molecule is O=C(Nc1ccc(NC(=O)Nc2cccc(NC(=O)Oc3ccccc3)c2)cc1)Nc1cccc(NC(=O)Oc2ccccc2)c1. The Kier molecular flexibility index (Phi) is 10.0. The molecule has 0 bridgehead atoms. The van der Waals surface area contributed by atoms with Crippen molar-refractivity contribution in [3.63, 3.8) is 0 Å². The van der Waals surface area contributed by atoms with Crippen molar-refractivity contribution in [1.82, 2.24) is 0 Å². The minimum atomic E-state index is -0.665. The molecule has 230 valence electrons. The molecule has 0 saturated carbocycles. The van der Waals surface area contributed by atoms with Crippen LogP contribution in [0.5, 0.6) is 11.5 Å². The van der Waals surface area contributed by atoms with Crippen molar-refractivity contribution in [2.45, 2.75) is 0 Å². The number of carbonyl (C=O) groups excluding carboxylic acids is 4. The lowest BCUT2D eigenvalue weighted by molar-refractivity contribution is 0.214. The first kappa shape index (κ1) is 30.6. The van der Waals surface area contributed by atoms with Crippen molar-refractivity contribution >= 4 is 58.4 Å². The van der Waals surface area contributed by atoms with Crippen LogP contribution in [0.15, 0.2) is 133 Å². The van der Waals surface area contributed by atoms with Gasteiger partial charge in [0.1, 0.15) is 11.5 Å². The third kappa shape index (κ3) is 9.61. The summed E-state index contributed by atoms with van der Waals surface area (Å²) in [6, 6.07) is 35.9. The Morgan fingerprint density at radius 2 is 0.674 bits per heavy atom. The Morgan fingerprint density at radius 1 is 0.348 bits per heavy atom. The van der Waals surface area contributed by atoms with Crippen molar-refractivity contribution in [2.24, 2.45) is 0 Å². The van der Waals surface area contributed by atoms with E-state index < -0.39 is 24.2 Å². The molecule has 0 atom stereocenters. The van der Waals surface area contributed by atoms with Gasteiger partial charge in [-0.05, 0) is 84.9 Å². The lowest BCUT2D eigenvalue weighted by Gasteiger charge is -2.12. The van der Waals surface area contributed by atoms with Gasteiger partial charge in [0.2, 0.25) is 0 Å². The van der Waals surface area contributed by atoms with Crippen molar-refractivity contribution in [3.05, 3.63) is 133 Å². The molecule has 6 amide bonds. The second-order valence-electron chi connectivity index (χ2n) is 9.55. The summed E-state index contributed by atoms with van der Waals surface area (Å²) in [5.41, 5.74) is 2.70. The van der Waals surface area contributed by atoms with Gasteiger partial charge in [-0.2, -0.15) is 0 Å². The standard InChI is InChI=1S/C34H28N6O6/c41-31(37-25-9-7-11-27(21-25)39-33(43)45-29-13-3-1-4-14-29)35-23-17-19-24(20-18-23)36-32(42)38-26-10-8-12-28(22-26)40-34(44)46-30-15-5-2-6-16-30/h1-22H,(H,39,43)(H,40,44)(H2,35,37,41)(H2,36,38,42). The second-order valence-corrected chi connectivity index (χ2v) is 9.55. The van der Waals surface area contributed by atoms with Gasteiger partial charge >= 0.3 is 24.2 Å². The summed E-state index contributed by atoms with van der Waals surface area (Å²) in [4.78, 5) is 49.4. The van der Waals surface area contributed by atoms with Crippen molar-refractivity contribution < 1.29 is 28.7 Å². The molecule has 0 aromatic heterocycles. The van der Waals surface area contributed by atoms with E-state index in [9.17, 15) is 19.2 Å². The number of rotatable bonds is 8.